The van der Waals surface area contributed by atoms with E-state index in [0.29, 0.717) is 17.5 Å². The predicted molar refractivity (Wildman–Crippen MR) is 269 cm³/mol. The lowest BCUT2D eigenvalue weighted by molar-refractivity contribution is 0.00445. The second-order valence-corrected chi connectivity index (χ2v) is 35.7. The molecule has 348 valence electrons. The Labute approximate surface area is 381 Å². The van der Waals surface area contributed by atoms with Crippen LogP contribution in [0.4, 0.5) is 0 Å². The number of hydrogen-bond donors (Lipinski definition) is 0. The smallest absolute Gasteiger partial charge is 0.339 e. The maximum absolute atomic E-state index is 13.8. The zero-order valence-electron chi connectivity index (χ0n) is 41.8. The van der Waals surface area contributed by atoms with Crippen LogP contribution in [0.1, 0.15) is 141 Å². The molecule has 4 atom stereocenters. The van der Waals surface area contributed by atoms with Gasteiger partial charge in [-0.15, -0.1) is 0 Å². The molecule has 0 bridgehead atoms. The van der Waals surface area contributed by atoms with Crippen molar-refractivity contribution in [1.29, 1.82) is 0 Å². The Hall–Kier alpha value is -2.87. The first-order chi connectivity index (χ1) is 28.7. The van der Waals surface area contributed by atoms with Crippen LogP contribution in [0.25, 0.3) is 0 Å². The monoisotopic (exact) mass is 907 g/mol. The van der Waals surface area contributed by atoms with Gasteiger partial charge in [-0.3, -0.25) is 0 Å². The Morgan fingerprint density at radius 2 is 1.08 bits per heavy atom. The van der Waals surface area contributed by atoms with E-state index in [-0.39, 0.29) is 21.2 Å². The largest absolute Gasteiger partial charge is 0.452 e. The Morgan fingerprint density at radius 3 is 1.60 bits per heavy atom. The predicted octanol–water partition coefficient (Wildman–Crippen LogP) is 15.0. The number of carbonyl (C=O) groups excluding carboxylic acids is 2. The second kappa shape index (κ2) is 25.0. The SMILES string of the molecule is CCCCC/C=C\C[C@@H](O[Si](C)(C)C(C)(C)C)C(/C=C\C(/C=C\[C@H](CCCCO[Si](C)(C)C(C)(C)C)O[Si](C)(C)C(C)(C)C)OC(=O)c1ccccc1)OC(=O)c1ccccc1. The van der Waals surface area contributed by atoms with E-state index in [0.717, 1.165) is 45.1 Å². The lowest BCUT2D eigenvalue weighted by Gasteiger charge is -2.40. The van der Waals surface area contributed by atoms with Crippen molar-refractivity contribution in [3.8, 4) is 0 Å². The lowest BCUT2D eigenvalue weighted by atomic mass is 10.1. The van der Waals surface area contributed by atoms with Crippen molar-refractivity contribution in [3.05, 3.63) is 108 Å². The van der Waals surface area contributed by atoms with Crippen LogP contribution >= 0.6 is 0 Å². The number of unbranched alkanes of at least 4 members (excludes halogenated alkanes) is 4. The first-order valence-corrected chi connectivity index (χ1v) is 32.0. The van der Waals surface area contributed by atoms with Crippen LogP contribution in [0.15, 0.2) is 97.1 Å². The number of hydrogen-bond acceptors (Lipinski definition) is 7. The number of carbonyl (C=O) groups is 2. The Bertz CT molecular complexity index is 1700. The van der Waals surface area contributed by atoms with Gasteiger partial charge in [-0.1, -0.05) is 137 Å². The molecule has 0 radical (unpaired) electrons. The molecule has 0 saturated carbocycles. The van der Waals surface area contributed by atoms with Gasteiger partial charge < -0.3 is 22.8 Å². The summed E-state index contributed by atoms with van der Waals surface area (Å²) in [6, 6.07) is 18.1. The van der Waals surface area contributed by atoms with Crippen molar-refractivity contribution < 1.29 is 32.3 Å². The van der Waals surface area contributed by atoms with Crippen LogP contribution < -0.4 is 0 Å². The highest BCUT2D eigenvalue weighted by molar-refractivity contribution is 6.75. The first-order valence-electron chi connectivity index (χ1n) is 23.2. The normalized spacial score (nSPS) is 15.5. The zero-order valence-corrected chi connectivity index (χ0v) is 44.8. The van der Waals surface area contributed by atoms with E-state index in [2.05, 4.69) is 127 Å². The fourth-order valence-corrected chi connectivity index (χ4v) is 9.51. The van der Waals surface area contributed by atoms with Gasteiger partial charge in [0.1, 0.15) is 12.2 Å². The second-order valence-electron chi connectivity index (χ2n) is 21.4. The van der Waals surface area contributed by atoms with E-state index >= 15 is 0 Å². The van der Waals surface area contributed by atoms with E-state index in [1.54, 1.807) is 24.3 Å². The van der Waals surface area contributed by atoms with Gasteiger partial charge in [-0.25, -0.2) is 9.59 Å². The molecule has 62 heavy (non-hydrogen) atoms. The summed E-state index contributed by atoms with van der Waals surface area (Å²) in [4.78, 5) is 27.5. The topological polar surface area (TPSA) is 80.3 Å². The van der Waals surface area contributed by atoms with Crippen molar-refractivity contribution in [2.24, 2.45) is 0 Å². The highest BCUT2D eigenvalue weighted by atomic mass is 28.4. The molecular weight excluding hydrogens is 821 g/mol. The van der Waals surface area contributed by atoms with Crippen LogP contribution in [0.2, 0.25) is 54.4 Å². The van der Waals surface area contributed by atoms with E-state index in [1.165, 1.54) is 6.42 Å². The quantitative estimate of drug-likeness (QED) is 0.0425. The molecule has 0 fully saturated rings. The summed E-state index contributed by atoms with van der Waals surface area (Å²) >= 11 is 0. The van der Waals surface area contributed by atoms with Crippen LogP contribution in [0, 0.1) is 0 Å². The number of rotatable bonds is 25. The van der Waals surface area contributed by atoms with Crippen LogP contribution in [-0.2, 0) is 22.8 Å². The highest BCUT2D eigenvalue weighted by Crippen LogP contribution is 2.40. The van der Waals surface area contributed by atoms with Crippen molar-refractivity contribution in [2.45, 2.75) is 199 Å². The molecule has 0 aliphatic carbocycles. The maximum atomic E-state index is 13.8. The molecule has 0 spiro atoms. The summed E-state index contributed by atoms with van der Waals surface area (Å²) in [7, 11) is -6.39. The molecule has 2 rings (SSSR count). The van der Waals surface area contributed by atoms with Gasteiger partial charge in [0.25, 0.3) is 0 Å². The lowest BCUT2D eigenvalue weighted by Crippen LogP contribution is -2.47. The third-order valence-electron chi connectivity index (χ3n) is 13.0. The van der Waals surface area contributed by atoms with Gasteiger partial charge >= 0.3 is 11.9 Å². The number of allylic oxidation sites excluding steroid dienone is 1. The summed E-state index contributed by atoms with van der Waals surface area (Å²) in [5, 5.41) is 0.0769. The first kappa shape index (κ1) is 55.3. The molecule has 0 saturated heterocycles. The van der Waals surface area contributed by atoms with Gasteiger partial charge in [0.2, 0.25) is 0 Å². The number of esters is 2. The van der Waals surface area contributed by atoms with Gasteiger partial charge in [0.05, 0.1) is 23.3 Å². The molecule has 10 heteroatoms. The molecule has 0 aliphatic rings. The molecule has 0 heterocycles. The van der Waals surface area contributed by atoms with Crippen LogP contribution in [0.3, 0.4) is 0 Å². The van der Waals surface area contributed by atoms with Gasteiger partial charge in [0, 0.05) is 6.61 Å². The molecular formula is C52H86O7Si3. The molecule has 0 aromatic heterocycles. The van der Waals surface area contributed by atoms with E-state index in [4.69, 9.17) is 22.8 Å². The fourth-order valence-electron chi connectivity index (χ4n) is 5.77. The van der Waals surface area contributed by atoms with E-state index in [1.807, 2.05) is 54.6 Å². The molecule has 2 aromatic carbocycles. The third kappa shape index (κ3) is 19.1. The Morgan fingerprint density at radius 1 is 0.581 bits per heavy atom. The summed E-state index contributed by atoms with van der Waals surface area (Å²) in [6.45, 7) is 36.7. The van der Waals surface area contributed by atoms with E-state index < -0.39 is 55.2 Å². The molecule has 2 unspecified atom stereocenters. The highest BCUT2D eigenvalue weighted by Gasteiger charge is 2.42. The molecule has 0 N–H and O–H groups in total. The van der Waals surface area contributed by atoms with Crippen molar-refractivity contribution in [3.63, 3.8) is 0 Å². The number of ether oxygens (including phenoxy) is 2. The van der Waals surface area contributed by atoms with Crippen molar-refractivity contribution in [2.75, 3.05) is 6.61 Å². The minimum absolute atomic E-state index is 0.00304. The van der Waals surface area contributed by atoms with Crippen LogP contribution in [-0.4, -0.2) is 67.9 Å². The molecule has 2 aromatic rings. The summed E-state index contributed by atoms with van der Waals surface area (Å²) in [5.41, 5.74) is 0.911. The van der Waals surface area contributed by atoms with Crippen molar-refractivity contribution in [1.82, 2.24) is 0 Å². The Balaban J connectivity index is 2.65. The summed E-state index contributed by atoms with van der Waals surface area (Å²) in [6.07, 6.45) is 17.5. The summed E-state index contributed by atoms with van der Waals surface area (Å²) in [5.74, 6) is -0.888. The van der Waals surface area contributed by atoms with Gasteiger partial charge in [-0.05, 0) is 135 Å². The van der Waals surface area contributed by atoms with Gasteiger partial charge in [0.15, 0.2) is 25.0 Å². The average Bonchev–Trinajstić information content (AvgIpc) is 3.17. The van der Waals surface area contributed by atoms with Crippen LogP contribution in [0.5, 0.6) is 0 Å². The van der Waals surface area contributed by atoms with E-state index in [9.17, 15) is 9.59 Å². The average molecular weight is 908 g/mol. The maximum Gasteiger partial charge on any atom is 0.339 e. The minimum Gasteiger partial charge on any atom is -0.452 e. The Kier molecular flexibility index (Phi) is 22.3. The third-order valence-corrected chi connectivity index (χ3v) is 26.6. The molecule has 0 amide bonds. The zero-order chi connectivity index (χ0) is 46.8. The standard InChI is InChI=1S/C52H86O7Si3/c1-17-18-19-20-21-28-36-47(59-62(15,16)52(8,9)10)46(57-49(54)43-33-26-23-27-34-43)40-39-44(56-48(53)42-31-24-22-25-32-42)37-38-45(58-61(13,14)51(5,6)7)35-29-30-41-55-60(11,12)50(2,3)4/h21-28,31-34,37-40,44-47H,17-20,29-30,35-36,41H2,1-16H3/b28-21-,38-37-,40-39-/t44?,45-,46?,47+/m0/s1. The minimum atomic E-state index is -2.35. The molecule has 7 nitrogen and oxygen atoms in total. The molecule has 0 aliphatic heterocycles. The number of benzene rings is 2. The summed E-state index contributed by atoms with van der Waals surface area (Å²) < 4.78 is 33.3. The van der Waals surface area contributed by atoms with Gasteiger partial charge in [-0.2, -0.15) is 0 Å². The van der Waals surface area contributed by atoms with Crippen molar-refractivity contribution >= 4 is 36.9 Å². The fraction of sp³-hybridized carbons (Fsp3) is 0.615.